The lowest BCUT2D eigenvalue weighted by atomic mass is 9.89. The molecule has 1 heterocycles. The summed E-state index contributed by atoms with van der Waals surface area (Å²) < 4.78 is 47.6. The quantitative estimate of drug-likeness (QED) is 0.592. The summed E-state index contributed by atoms with van der Waals surface area (Å²) in [4.78, 5) is 12.3. The monoisotopic (exact) mass is 458 g/mol. The standard InChI is InChI=1S/C21H22ClF3N2O4/c22-13-8-15(24)20(16(25)9-13)27-6-5-21(30,18(28)10-27)11-31-17-3-2-14(23)7-12(17)1-4-19(26)29/h2-3,7-9,18,28,30H,1,4-6,10-11H2,(H2,26,29)/t18-,21-/m1/s1. The van der Waals surface area contributed by atoms with E-state index in [2.05, 4.69) is 0 Å². The number of hydrogen-bond donors (Lipinski definition) is 3. The van der Waals surface area contributed by atoms with Crippen LogP contribution in [0.3, 0.4) is 0 Å². The predicted molar refractivity (Wildman–Crippen MR) is 109 cm³/mol. The number of amides is 1. The Hall–Kier alpha value is -2.49. The molecule has 2 aromatic rings. The van der Waals surface area contributed by atoms with Gasteiger partial charge in [0.2, 0.25) is 5.91 Å². The number of ether oxygens (including phenoxy) is 1. The van der Waals surface area contributed by atoms with Crippen molar-refractivity contribution in [3.8, 4) is 5.75 Å². The van der Waals surface area contributed by atoms with Crippen molar-refractivity contribution in [1.29, 1.82) is 0 Å². The average molecular weight is 459 g/mol. The largest absolute Gasteiger partial charge is 0.490 e. The molecule has 0 spiro atoms. The molecule has 2 aromatic carbocycles. The number of aryl methyl sites for hydroxylation is 1. The molecule has 0 unspecified atom stereocenters. The van der Waals surface area contributed by atoms with Crippen molar-refractivity contribution in [2.75, 3.05) is 24.6 Å². The summed E-state index contributed by atoms with van der Waals surface area (Å²) >= 11 is 5.64. The fraction of sp³-hybridized carbons (Fsp3) is 0.381. The zero-order chi connectivity index (χ0) is 22.8. The van der Waals surface area contributed by atoms with Crippen LogP contribution in [0.15, 0.2) is 30.3 Å². The maximum atomic E-state index is 14.2. The number of piperidine rings is 1. The first-order valence-corrected chi connectivity index (χ1v) is 9.96. The van der Waals surface area contributed by atoms with Gasteiger partial charge in [0.05, 0.1) is 0 Å². The number of rotatable bonds is 7. The molecule has 1 amide bonds. The summed E-state index contributed by atoms with van der Waals surface area (Å²) in [6.45, 7) is -0.541. The molecular formula is C21H22ClF3N2O4. The Kier molecular flexibility index (Phi) is 6.98. The van der Waals surface area contributed by atoms with Crippen molar-refractivity contribution < 1.29 is 32.9 Å². The number of primary amides is 1. The van der Waals surface area contributed by atoms with E-state index < -0.39 is 35.1 Å². The molecule has 2 atom stereocenters. The third kappa shape index (κ3) is 5.41. The van der Waals surface area contributed by atoms with E-state index in [9.17, 15) is 28.2 Å². The van der Waals surface area contributed by atoms with E-state index in [1.807, 2.05) is 0 Å². The topological polar surface area (TPSA) is 96.0 Å². The van der Waals surface area contributed by atoms with Gasteiger partial charge in [-0.15, -0.1) is 0 Å². The average Bonchev–Trinajstić information content (AvgIpc) is 2.68. The number of halogens is 4. The van der Waals surface area contributed by atoms with Gasteiger partial charge in [-0.3, -0.25) is 4.79 Å². The van der Waals surface area contributed by atoms with E-state index in [0.717, 1.165) is 18.2 Å². The number of aliphatic hydroxyl groups is 2. The lowest BCUT2D eigenvalue weighted by molar-refractivity contribution is -0.118. The molecule has 31 heavy (non-hydrogen) atoms. The molecule has 1 aliphatic heterocycles. The fourth-order valence-corrected chi connectivity index (χ4v) is 3.71. The van der Waals surface area contributed by atoms with Gasteiger partial charge < -0.3 is 25.6 Å². The van der Waals surface area contributed by atoms with Gasteiger partial charge in [-0.1, -0.05) is 11.6 Å². The molecule has 3 rings (SSSR count). The minimum atomic E-state index is -1.70. The summed E-state index contributed by atoms with van der Waals surface area (Å²) in [5.74, 6) is -2.58. The molecule has 168 valence electrons. The molecule has 0 radical (unpaired) electrons. The van der Waals surface area contributed by atoms with Crippen molar-refractivity contribution in [1.82, 2.24) is 0 Å². The smallest absolute Gasteiger partial charge is 0.217 e. The number of benzene rings is 2. The normalized spacial score (nSPS) is 21.2. The third-order valence-corrected chi connectivity index (χ3v) is 5.49. The fourth-order valence-electron chi connectivity index (χ4n) is 3.52. The van der Waals surface area contributed by atoms with Gasteiger partial charge >= 0.3 is 0 Å². The highest BCUT2D eigenvalue weighted by molar-refractivity contribution is 6.30. The molecule has 0 bridgehead atoms. The van der Waals surface area contributed by atoms with Gasteiger partial charge in [0.15, 0.2) is 11.6 Å². The van der Waals surface area contributed by atoms with E-state index in [4.69, 9.17) is 22.1 Å². The van der Waals surface area contributed by atoms with Crippen molar-refractivity contribution in [3.05, 3.63) is 58.4 Å². The predicted octanol–water partition coefficient (Wildman–Crippen LogP) is 2.56. The third-order valence-electron chi connectivity index (χ3n) is 5.27. The van der Waals surface area contributed by atoms with Gasteiger partial charge in [0.1, 0.15) is 35.6 Å². The van der Waals surface area contributed by atoms with E-state index in [-0.39, 0.29) is 55.4 Å². The molecule has 0 saturated carbocycles. The van der Waals surface area contributed by atoms with Crippen LogP contribution in [0.5, 0.6) is 5.75 Å². The van der Waals surface area contributed by atoms with Crippen LogP contribution in [0.25, 0.3) is 0 Å². The number of hydrogen-bond acceptors (Lipinski definition) is 5. The van der Waals surface area contributed by atoms with Crippen molar-refractivity contribution in [3.63, 3.8) is 0 Å². The summed E-state index contributed by atoms with van der Waals surface area (Å²) in [6, 6.07) is 5.66. The molecule has 1 fully saturated rings. The van der Waals surface area contributed by atoms with Gasteiger partial charge in [-0.2, -0.15) is 0 Å². The summed E-state index contributed by atoms with van der Waals surface area (Å²) in [7, 11) is 0. The van der Waals surface area contributed by atoms with Crippen LogP contribution in [-0.2, 0) is 11.2 Å². The zero-order valence-electron chi connectivity index (χ0n) is 16.5. The molecule has 1 saturated heterocycles. The Labute approximate surface area is 182 Å². The first kappa shape index (κ1) is 23.2. The Bertz CT molecular complexity index is 955. The Morgan fingerprint density at radius 2 is 1.94 bits per heavy atom. The van der Waals surface area contributed by atoms with Crippen LogP contribution in [-0.4, -0.2) is 47.5 Å². The molecule has 4 N–H and O–H groups in total. The minimum Gasteiger partial charge on any atom is -0.490 e. The van der Waals surface area contributed by atoms with Crippen molar-refractivity contribution >= 4 is 23.2 Å². The lowest BCUT2D eigenvalue weighted by Crippen LogP contribution is -2.58. The maximum absolute atomic E-state index is 14.2. The molecule has 0 aliphatic carbocycles. The van der Waals surface area contributed by atoms with E-state index in [1.54, 1.807) is 0 Å². The second kappa shape index (κ2) is 9.33. The first-order chi connectivity index (χ1) is 14.6. The summed E-state index contributed by atoms with van der Waals surface area (Å²) in [5, 5.41) is 21.3. The number of anilines is 1. The van der Waals surface area contributed by atoms with E-state index in [0.29, 0.717) is 5.56 Å². The number of β-amino-alcohol motifs (C(OH)–C–C–N with tert-alkyl or cyclic N) is 1. The van der Waals surface area contributed by atoms with E-state index >= 15 is 0 Å². The number of carbonyl (C=O) groups is 1. The number of carbonyl (C=O) groups excluding carboxylic acids is 1. The van der Waals surface area contributed by atoms with Crippen molar-refractivity contribution in [2.45, 2.75) is 31.0 Å². The van der Waals surface area contributed by atoms with Gasteiger partial charge in [0.25, 0.3) is 0 Å². The molecule has 6 nitrogen and oxygen atoms in total. The van der Waals surface area contributed by atoms with Gasteiger partial charge in [-0.25, -0.2) is 13.2 Å². The molecule has 10 heteroatoms. The van der Waals surface area contributed by atoms with Crippen LogP contribution >= 0.6 is 11.6 Å². The SMILES string of the molecule is NC(=O)CCc1cc(F)ccc1OC[C@]1(O)CCN(c2c(F)cc(Cl)cc2F)C[C@H]1O. The van der Waals surface area contributed by atoms with E-state index in [1.165, 1.54) is 17.0 Å². The number of nitrogens with two attached hydrogens (primary N) is 1. The van der Waals surface area contributed by atoms with Crippen LogP contribution in [0.4, 0.5) is 18.9 Å². The zero-order valence-corrected chi connectivity index (χ0v) is 17.2. The Morgan fingerprint density at radius 1 is 1.26 bits per heavy atom. The van der Waals surface area contributed by atoms with Gasteiger partial charge in [0, 0.05) is 24.5 Å². The highest BCUT2D eigenvalue weighted by Gasteiger charge is 2.42. The van der Waals surface area contributed by atoms with Crippen molar-refractivity contribution in [2.24, 2.45) is 5.73 Å². The Balaban J connectivity index is 1.70. The Morgan fingerprint density at radius 3 is 2.55 bits per heavy atom. The number of nitrogens with zero attached hydrogens (tertiary/aromatic N) is 1. The second-order valence-electron chi connectivity index (χ2n) is 7.54. The summed E-state index contributed by atoms with van der Waals surface area (Å²) in [6.07, 6.45) is -1.30. The summed E-state index contributed by atoms with van der Waals surface area (Å²) in [5.41, 5.74) is 3.49. The van der Waals surface area contributed by atoms with Crippen LogP contribution in [0.1, 0.15) is 18.4 Å². The van der Waals surface area contributed by atoms with Crippen LogP contribution in [0, 0.1) is 17.5 Å². The highest BCUT2D eigenvalue weighted by Crippen LogP contribution is 2.33. The van der Waals surface area contributed by atoms with Crippen LogP contribution < -0.4 is 15.4 Å². The molecule has 0 aromatic heterocycles. The minimum absolute atomic E-state index is 0.0140. The maximum Gasteiger partial charge on any atom is 0.217 e. The first-order valence-electron chi connectivity index (χ1n) is 9.58. The van der Waals surface area contributed by atoms with Gasteiger partial charge in [-0.05, 0) is 48.7 Å². The molecule has 1 aliphatic rings. The molecular weight excluding hydrogens is 437 g/mol. The van der Waals surface area contributed by atoms with Crippen LogP contribution in [0.2, 0.25) is 5.02 Å². The second-order valence-corrected chi connectivity index (χ2v) is 7.98. The number of aliphatic hydroxyl groups excluding tert-OH is 1. The highest BCUT2D eigenvalue weighted by atomic mass is 35.5. The lowest BCUT2D eigenvalue weighted by Gasteiger charge is -2.42.